The first-order valence-corrected chi connectivity index (χ1v) is 14.0. The molecule has 210 valence electrons. The third kappa shape index (κ3) is 5.17. The second-order valence-electron chi connectivity index (χ2n) is 10.5. The van der Waals surface area contributed by atoms with Crippen LogP contribution in [0.2, 0.25) is 5.02 Å². The Hall–Kier alpha value is -3.89. The lowest BCUT2D eigenvalue weighted by Crippen LogP contribution is -2.32. The van der Waals surface area contributed by atoms with E-state index in [1.807, 2.05) is 12.1 Å². The molecule has 7 rings (SSSR count). The van der Waals surface area contributed by atoms with Crippen LogP contribution in [0.5, 0.6) is 5.88 Å². The van der Waals surface area contributed by atoms with E-state index in [1.165, 1.54) is 6.07 Å². The summed E-state index contributed by atoms with van der Waals surface area (Å²) in [6.07, 6.45) is 9.64. The normalized spacial score (nSPS) is 19.0. The molecule has 5 aromatic rings. The minimum absolute atomic E-state index is 0.0725. The number of hydrogen-bond acceptors (Lipinski definition) is 7. The fourth-order valence-electron chi connectivity index (χ4n) is 5.50. The SMILES string of the molecule is Fc1cc2c(Cl)ccc(COc3nc(C4=CC[C@@H](Cc5nc6cccnc6n5C[C@@H]5CCO5)CC4)ncc3F)c2o1. The molecule has 11 heteroatoms. The molecule has 8 nitrogen and oxygen atoms in total. The summed E-state index contributed by atoms with van der Waals surface area (Å²) in [7, 11) is 0. The number of allylic oxidation sites excluding steroid dienone is 2. The molecule has 0 spiro atoms. The van der Waals surface area contributed by atoms with Crippen LogP contribution in [0.25, 0.3) is 27.7 Å². The highest BCUT2D eigenvalue weighted by Crippen LogP contribution is 2.33. The third-order valence-electron chi connectivity index (χ3n) is 7.80. The molecule has 0 unspecified atom stereocenters. The van der Waals surface area contributed by atoms with Crippen molar-refractivity contribution in [3.05, 3.63) is 82.9 Å². The summed E-state index contributed by atoms with van der Waals surface area (Å²) in [6, 6.07) is 7.64. The zero-order valence-electron chi connectivity index (χ0n) is 22.0. The smallest absolute Gasteiger partial charge is 0.278 e. The Kier molecular flexibility index (Phi) is 6.88. The van der Waals surface area contributed by atoms with Gasteiger partial charge in [-0.1, -0.05) is 23.7 Å². The van der Waals surface area contributed by atoms with Crippen molar-refractivity contribution in [3.63, 3.8) is 0 Å². The van der Waals surface area contributed by atoms with E-state index < -0.39 is 11.8 Å². The predicted octanol–water partition coefficient (Wildman–Crippen LogP) is 6.69. The van der Waals surface area contributed by atoms with E-state index in [-0.39, 0.29) is 24.2 Å². The second kappa shape index (κ2) is 10.8. The van der Waals surface area contributed by atoms with Crippen LogP contribution in [-0.4, -0.2) is 37.2 Å². The van der Waals surface area contributed by atoms with Gasteiger partial charge in [0.2, 0.25) is 5.82 Å². The fourth-order valence-corrected chi connectivity index (χ4v) is 5.71. The van der Waals surface area contributed by atoms with Gasteiger partial charge in [-0.05, 0) is 55.4 Å². The summed E-state index contributed by atoms with van der Waals surface area (Å²) in [6.45, 7) is 1.50. The molecular weight excluding hydrogens is 552 g/mol. The molecule has 1 saturated heterocycles. The van der Waals surface area contributed by atoms with Crippen molar-refractivity contribution in [3.8, 4) is 5.88 Å². The zero-order valence-corrected chi connectivity index (χ0v) is 22.8. The van der Waals surface area contributed by atoms with Crippen molar-refractivity contribution in [2.75, 3.05) is 6.61 Å². The maximum absolute atomic E-state index is 14.6. The van der Waals surface area contributed by atoms with E-state index >= 15 is 0 Å². The Morgan fingerprint density at radius 2 is 2.02 bits per heavy atom. The molecule has 0 saturated carbocycles. The first-order valence-electron chi connectivity index (χ1n) is 13.6. The molecule has 0 radical (unpaired) electrons. The first kappa shape index (κ1) is 26.0. The van der Waals surface area contributed by atoms with Crippen LogP contribution < -0.4 is 4.74 Å². The van der Waals surface area contributed by atoms with Crippen molar-refractivity contribution < 1.29 is 22.7 Å². The Morgan fingerprint density at radius 1 is 1.12 bits per heavy atom. The number of fused-ring (bicyclic) bond motifs is 2. The van der Waals surface area contributed by atoms with Gasteiger partial charge < -0.3 is 18.5 Å². The number of nitrogens with zero attached hydrogens (tertiary/aromatic N) is 5. The Balaban J connectivity index is 1.05. The van der Waals surface area contributed by atoms with Crippen LogP contribution in [0.15, 0.2) is 53.2 Å². The van der Waals surface area contributed by atoms with Gasteiger partial charge >= 0.3 is 0 Å². The van der Waals surface area contributed by atoms with Crippen LogP contribution in [0.3, 0.4) is 0 Å². The van der Waals surface area contributed by atoms with Crippen LogP contribution >= 0.6 is 11.6 Å². The number of rotatable bonds is 8. The largest absolute Gasteiger partial charge is 0.470 e. The number of pyridine rings is 1. The number of benzene rings is 1. The molecule has 0 N–H and O–H groups in total. The topological polar surface area (TPSA) is 88.1 Å². The van der Waals surface area contributed by atoms with E-state index in [4.69, 9.17) is 30.5 Å². The van der Waals surface area contributed by atoms with Crippen molar-refractivity contribution >= 4 is 39.3 Å². The summed E-state index contributed by atoms with van der Waals surface area (Å²) in [5.74, 6) is 1.00. The maximum Gasteiger partial charge on any atom is 0.278 e. The van der Waals surface area contributed by atoms with Crippen LogP contribution in [-0.2, 0) is 24.3 Å². The lowest BCUT2D eigenvalue weighted by atomic mass is 9.87. The molecule has 0 amide bonds. The number of furan rings is 1. The molecule has 2 atom stereocenters. The van der Waals surface area contributed by atoms with Crippen molar-refractivity contribution in [2.24, 2.45) is 5.92 Å². The third-order valence-corrected chi connectivity index (χ3v) is 8.13. The van der Waals surface area contributed by atoms with Crippen LogP contribution in [0, 0.1) is 17.7 Å². The lowest BCUT2D eigenvalue weighted by molar-refractivity contribution is -0.0591. The Labute approximate surface area is 239 Å². The lowest BCUT2D eigenvalue weighted by Gasteiger charge is -2.28. The molecule has 1 fully saturated rings. The van der Waals surface area contributed by atoms with Gasteiger partial charge in [0.1, 0.15) is 23.5 Å². The number of hydrogen-bond donors (Lipinski definition) is 0. The van der Waals surface area contributed by atoms with E-state index in [0.29, 0.717) is 27.7 Å². The average Bonchev–Trinajstić information content (AvgIpc) is 3.52. The number of imidazole rings is 1. The molecule has 41 heavy (non-hydrogen) atoms. The molecule has 5 heterocycles. The zero-order chi connectivity index (χ0) is 27.9. The minimum Gasteiger partial charge on any atom is -0.470 e. The van der Waals surface area contributed by atoms with Crippen molar-refractivity contribution in [2.45, 2.75) is 51.4 Å². The highest BCUT2D eigenvalue weighted by molar-refractivity contribution is 6.35. The van der Waals surface area contributed by atoms with Gasteiger partial charge in [0.05, 0.1) is 23.9 Å². The standard InChI is InChI=1S/C30H26ClF2N5O3/c31-22-8-7-19(27-21(22)13-25(33)41-27)16-40-30-23(32)14-35-28(37-30)18-5-3-17(4-6-18)12-26-36-24-2-1-10-34-29(24)38(26)15-20-9-11-39-20/h1-2,5,7-8,10,13-14,17,20H,3-4,6,9,11-12,15-16H2/t17-,20+/m1/s1. The quantitative estimate of drug-likeness (QED) is 0.203. The van der Waals surface area contributed by atoms with Crippen molar-refractivity contribution in [1.29, 1.82) is 0 Å². The van der Waals surface area contributed by atoms with E-state index in [2.05, 4.69) is 25.6 Å². The van der Waals surface area contributed by atoms with E-state index in [1.54, 1.807) is 18.3 Å². The van der Waals surface area contributed by atoms with Gasteiger partial charge in [-0.25, -0.2) is 15.0 Å². The van der Waals surface area contributed by atoms with Crippen LogP contribution in [0.4, 0.5) is 8.78 Å². The van der Waals surface area contributed by atoms with E-state index in [9.17, 15) is 8.78 Å². The first-order chi connectivity index (χ1) is 20.0. The van der Waals surface area contributed by atoms with Gasteiger partial charge in [0, 0.05) is 36.2 Å². The summed E-state index contributed by atoms with van der Waals surface area (Å²) >= 11 is 6.13. The highest BCUT2D eigenvalue weighted by atomic mass is 35.5. The van der Waals surface area contributed by atoms with Gasteiger partial charge in [-0.15, -0.1) is 0 Å². The Bertz CT molecular complexity index is 1780. The summed E-state index contributed by atoms with van der Waals surface area (Å²) in [4.78, 5) is 18.1. The number of halogens is 3. The highest BCUT2D eigenvalue weighted by Gasteiger charge is 2.25. The minimum atomic E-state index is -0.756. The summed E-state index contributed by atoms with van der Waals surface area (Å²) < 4.78 is 47.0. The molecule has 1 aliphatic heterocycles. The van der Waals surface area contributed by atoms with Crippen molar-refractivity contribution in [1.82, 2.24) is 24.5 Å². The molecule has 1 aromatic carbocycles. The maximum atomic E-state index is 14.6. The van der Waals surface area contributed by atoms with Gasteiger partial charge in [0.25, 0.3) is 11.9 Å². The van der Waals surface area contributed by atoms with Gasteiger partial charge in [-0.2, -0.15) is 13.8 Å². The summed E-state index contributed by atoms with van der Waals surface area (Å²) in [5, 5.41) is 0.787. The predicted molar refractivity (Wildman–Crippen MR) is 148 cm³/mol. The average molecular weight is 578 g/mol. The van der Waals surface area contributed by atoms with Gasteiger partial charge in [-0.3, -0.25) is 0 Å². The Morgan fingerprint density at radius 3 is 2.83 bits per heavy atom. The molecule has 0 bridgehead atoms. The molecular formula is C30H26ClF2N5O3. The molecule has 4 aromatic heterocycles. The van der Waals surface area contributed by atoms with E-state index in [0.717, 1.165) is 74.0 Å². The number of aromatic nitrogens is 5. The summed E-state index contributed by atoms with van der Waals surface area (Å²) in [5.41, 5.74) is 3.53. The molecule has 2 aliphatic rings. The second-order valence-corrected chi connectivity index (χ2v) is 10.9. The fraction of sp³-hybridized carbons (Fsp3) is 0.333. The molecule has 1 aliphatic carbocycles. The van der Waals surface area contributed by atoms with Gasteiger partial charge in [0.15, 0.2) is 11.5 Å². The monoisotopic (exact) mass is 577 g/mol. The number of ether oxygens (including phenoxy) is 2. The van der Waals surface area contributed by atoms with Crippen LogP contribution in [0.1, 0.15) is 42.9 Å².